The molecule has 2 amide bonds. The lowest BCUT2D eigenvalue weighted by molar-refractivity contribution is -0.135. The Morgan fingerprint density at radius 1 is 1.36 bits per heavy atom. The summed E-state index contributed by atoms with van der Waals surface area (Å²) in [6.45, 7) is 3.69. The van der Waals surface area contributed by atoms with E-state index in [1.807, 2.05) is 6.92 Å². The zero-order valence-corrected chi connectivity index (χ0v) is 13.2. The predicted molar refractivity (Wildman–Crippen MR) is 84.3 cm³/mol. The highest BCUT2D eigenvalue weighted by Gasteiger charge is 2.21. The molecule has 5 nitrogen and oxygen atoms in total. The van der Waals surface area contributed by atoms with E-state index in [9.17, 15) is 14.0 Å². The van der Waals surface area contributed by atoms with Crippen LogP contribution in [0.5, 0.6) is 0 Å². The fourth-order valence-corrected chi connectivity index (χ4v) is 2.81. The Morgan fingerprint density at radius 3 is 2.77 bits per heavy atom. The lowest BCUT2D eigenvalue weighted by Crippen LogP contribution is -2.45. The van der Waals surface area contributed by atoms with Crippen LogP contribution in [0.25, 0.3) is 0 Å². The summed E-state index contributed by atoms with van der Waals surface area (Å²) in [7, 11) is 0. The van der Waals surface area contributed by atoms with Crippen LogP contribution in [-0.2, 0) is 14.3 Å². The molecule has 1 atom stereocenters. The van der Waals surface area contributed by atoms with Crippen molar-refractivity contribution >= 4 is 29.3 Å². The van der Waals surface area contributed by atoms with Crippen LogP contribution in [-0.4, -0.2) is 54.0 Å². The Labute approximate surface area is 133 Å². The summed E-state index contributed by atoms with van der Waals surface area (Å²) in [6, 6.07) is 5.56. The third kappa shape index (κ3) is 5.31. The topological polar surface area (TPSA) is 58.6 Å². The number of carbonyl (C=O) groups excluding carboxylic acids is 2. The number of nitrogens with one attached hydrogen (secondary N) is 1. The summed E-state index contributed by atoms with van der Waals surface area (Å²) in [5.41, 5.74) is 0.542. The summed E-state index contributed by atoms with van der Waals surface area (Å²) >= 11 is 1.27. The highest BCUT2D eigenvalue weighted by molar-refractivity contribution is 8.00. The Hall–Kier alpha value is -1.60. The minimum Gasteiger partial charge on any atom is -0.375 e. The van der Waals surface area contributed by atoms with E-state index < -0.39 is 0 Å². The molecule has 0 aromatic heterocycles. The number of ether oxygens (including phenoxy) is 1. The Balaban J connectivity index is 1.68. The molecule has 1 aromatic rings. The van der Waals surface area contributed by atoms with Crippen LogP contribution in [0.2, 0.25) is 0 Å². The van der Waals surface area contributed by atoms with Gasteiger partial charge in [-0.25, -0.2) is 4.39 Å². The van der Waals surface area contributed by atoms with Gasteiger partial charge in [-0.3, -0.25) is 9.59 Å². The zero-order valence-electron chi connectivity index (χ0n) is 12.4. The number of halogens is 1. The van der Waals surface area contributed by atoms with Gasteiger partial charge in [-0.15, -0.1) is 11.8 Å². The van der Waals surface area contributed by atoms with Crippen molar-refractivity contribution in [2.45, 2.75) is 13.0 Å². The van der Waals surface area contributed by atoms with E-state index in [-0.39, 0.29) is 35.2 Å². The molecule has 0 bridgehead atoms. The maximum Gasteiger partial charge on any atom is 0.234 e. The van der Waals surface area contributed by atoms with Crippen molar-refractivity contribution in [2.24, 2.45) is 0 Å². The van der Waals surface area contributed by atoms with Crippen molar-refractivity contribution in [2.75, 3.05) is 36.5 Å². The van der Waals surface area contributed by atoms with Crippen LogP contribution >= 0.6 is 11.8 Å². The molecule has 22 heavy (non-hydrogen) atoms. The second kappa shape index (κ2) is 8.14. The summed E-state index contributed by atoms with van der Waals surface area (Å²) in [6.07, 6.45) is 0.0597. The van der Waals surface area contributed by atoms with E-state index in [1.54, 1.807) is 4.90 Å². The van der Waals surface area contributed by atoms with Crippen LogP contribution < -0.4 is 5.32 Å². The first-order chi connectivity index (χ1) is 10.5. The molecule has 1 fully saturated rings. The van der Waals surface area contributed by atoms with E-state index in [0.717, 1.165) is 0 Å². The lowest BCUT2D eigenvalue weighted by Gasteiger charge is -2.31. The Bertz CT molecular complexity index is 524. The van der Waals surface area contributed by atoms with Gasteiger partial charge in [0.05, 0.1) is 24.2 Å². The van der Waals surface area contributed by atoms with E-state index in [2.05, 4.69) is 5.32 Å². The number of hydrogen-bond acceptors (Lipinski definition) is 4. The molecule has 2 rings (SSSR count). The summed E-state index contributed by atoms with van der Waals surface area (Å²) in [5, 5.41) is 2.66. The highest BCUT2D eigenvalue weighted by Crippen LogP contribution is 2.11. The number of thioether (sulfide) groups is 1. The number of carbonyl (C=O) groups is 2. The van der Waals surface area contributed by atoms with Gasteiger partial charge < -0.3 is 15.0 Å². The third-order valence-corrected chi connectivity index (χ3v) is 4.10. The molecular weight excluding hydrogens is 307 g/mol. The quantitative estimate of drug-likeness (QED) is 0.895. The maximum absolute atomic E-state index is 12.8. The van der Waals surface area contributed by atoms with Crippen molar-refractivity contribution in [1.29, 1.82) is 0 Å². The molecule has 0 saturated carbocycles. The van der Waals surface area contributed by atoms with E-state index >= 15 is 0 Å². The van der Waals surface area contributed by atoms with Gasteiger partial charge in [-0.05, 0) is 31.2 Å². The fourth-order valence-electron chi connectivity index (χ4n) is 2.10. The van der Waals surface area contributed by atoms with Gasteiger partial charge in [0.2, 0.25) is 11.8 Å². The molecule has 1 N–H and O–H groups in total. The van der Waals surface area contributed by atoms with Crippen LogP contribution in [0.1, 0.15) is 6.92 Å². The monoisotopic (exact) mass is 326 g/mol. The predicted octanol–water partition coefficient (Wildman–Crippen LogP) is 1.74. The number of benzene rings is 1. The average Bonchev–Trinajstić information content (AvgIpc) is 2.49. The van der Waals surface area contributed by atoms with E-state index in [4.69, 9.17) is 4.74 Å². The average molecular weight is 326 g/mol. The molecule has 1 aliphatic heterocycles. The third-order valence-electron chi connectivity index (χ3n) is 3.18. The number of anilines is 1. The van der Waals surface area contributed by atoms with E-state index in [0.29, 0.717) is 25.4 Å². The standard InChI is InChI=1S/C15H19FN2O3S/c1-11-8-18(6-7-21-11)15(20)10-22-9-14(19)17-13-4-2-12(16)3-5-13/h2-5,11H,6-10H2,1H3,(H,17,19). The number of morpholine rings is 1. The van der Waals surface area contributed by atoms with Gasteiger partial charge in [0, 0.05) is 18.8 Å². The van der Waals surface area contributed by atoms with Gasteiger partial charge in [0.25, 0.3) is 0 Å². The van der Waals surface area contributed by atoms with Crippen LogP contribution in [0.4, 0.5) is 10.1 Å². The first kappa shape index (κ1) is 16.8. The summed E-state index contributed by atoms with van der Waals surface area (Å²) in [4.78, 5) is 25.5. The van der Waals surface area contributed by atoms with Gasteiger partial charge >= 0.3 is 0 Å². The SMILES string of the molecule is CC1CN(C(=O)CSCC(=O)Nc2ccc(F)cc2)CCO1. The molecule has 1 heterocycles. The second-order valence-corrected chi connectivity index (χ2v) is 6.05. The first-order valence-corrected chi connectivity index (χ1v) is 8.22. The van der Waals surface area contributed by atoms with Crippen molar-refractivity contribution < 1.29 is 18.7 Å². The van der Waals surface area contributed by atoms with Gasteiger partial charge in [0.15, 0.2) is 0 Å². The van der Waals surface area contributed by atoms with Crippen molar-refractivity contribution in [3.8, 4) is 0 Å². The Morgan fingerprint density at radius 2 is 2.09 bits per heavy atom. The van der Waals surface area contributed by atoms with Crippen LogP contribution in [0, 0.1) is 5.82 Å². The van der Waals surface area contributed by atoms with Crippen molar-refractivity contribution in [3.63, 3.8) is 0 Å². The fraction of sp³-hybridized carbons (Fsp3) is 0.467. The minimum atomic E-state index is -0.349. The normalized spacial score (nSPS) is 18.1. The van der Waals surface area contributed by atoms with Gasteiger partial charge in [-0.2, -0.15) is 0 Å². The van der Waals surface area contributed by atoms with E-state index in [1.165, 1.54) is 36.0 Å². The molecule has 120 valence electrons. The minimum absolute atomic E-state index is 0.0229. The molecule has 1 saturated heterocycles. The van der Waals surface area contributed by atoms with Crippen LogP contribution in [0.15, 0.2) is 24.3 Å². The molecule has 0 spiro atoms. The molecule has 1 aromatic carbocycles. The van der Waals surface area contributed by atoms with Gasteiger partial charge in [0.1, 0.15) is 5.82 Å². The molecule has 0 aliphatic carbocycles. The molecule has 7 heteroatoms. The number of rotatable bonds is 5. The Kier molecular flexibility index (Phi) is 6.21. The summed E-state index contributed by atoms with van der Waals surface area (Å²) in [5.74, 6) is -0.0840. The molecule has 0 radical (unpaired) electrons. The largest absolute Gasteiger partial charge is 0.375 e. The lowest BCUT2D eigenvalue weighted by atomic mass is 10.3. The summed E-state index contributed by atoms with van der Waals surface area (Å²) < 4.78 is 18.1. The maximum atomic E-state index is 12.8. The molecule has 1 aliphatic rings. The molecular formula is C15H19FN2O3S. The van der Waals surface area contributed by atoms with Crippen LogP contribution in [0.3, 0.4) is 0 Å². The first-order valence-electron chi connectivity index (χ1n) is 7.07. The van der Waals surface area contributed by atoms with Crippen molar-refractivity contribution in [3.05, 3.63) is 30.1 Å². The number of amides is 2. The smallest absolute Gasteiger partial charge is 0.234 e. The highest BCUT2D eigenvalue weighted by atomic mass is 32.2. The number of nitrogens with zero attached hydrogens (tertiary/aromatic N) is 1. The zero-order chi connectivity index (χ0) is 15.9. The molecule has 1 unspecified atom stereocenters. The van der Waals surface area contributed by atoms with Gasteiger partial charge in [-0.1, -0.05) is 0 Å². The second-order valence-electron chi connectivity index (χ2n) is 5.07. The number of hydrogen-bond donors (Lipinski definition) is 1. The van der Waals surface area contributed by atoms with Crippen molar-refractivity contribution in [1.82, 2.24) is 4.90 Å².